The molecule has 1 aromatic carbocycles. The Balaban J connectivity index is 1.64. The second-order valence-corrected chi connectivity index (χ2v) is 11.6. The maximum atomic E-state index is 13.0. The van der Waals surface area contributed by atoms with Gasteiger partial charge in [0.05, 0.1) is 26.3 Å². The number of unbranched alkanes of at least 4 members (excludes halogenated alkanes) is 2. The van der Waals surface area contributed by atoms with Crippen LogP contribution in [0, 0.1) is 5.41 Å². The SMILES string of the molecule is CCCCCOC(=O)NCC1(O)[C@H](OC(C)=O)[C@]2(CC)C=CCN3CC[C@@]4(c5ccc(OC)cc5N(C)[C@@H]14)[C@@H]32. The number of esters is 1. The van der Waals surface area contributed by atoms with Crippen LogP contribution in [0.25, 0.3) is 0 Å². The van der Waals surface area contributed by atoms with Crippen LogP contribution >= 0.6 is 0 Å². The Morgan fingerprint density at radius 2 is 2.00 bits per heavy atom. The molecule has 0 radical (unpaired) electrons. The van der Waals surface area contributed by atoms with E-state index in [1.165, 1.54) is 12.5 Å². The van der Waals surface area contributed by atoms with Crippen molar-refractivity contribution in [2.45, 2.75) is 82.1 Å². The Morgan fingerprint density at radius 1 is 1.21 bits per heavy atom. The molecule has 3 heterocycles. The van der Waals surface area contributed by atoms with Crippen LogP contribution in [-0.4, -0.2) is 86.3 Å². The monoisotopic (exact) mass is 541 g/mol. The summed E-state index contributed by atoms with van der Waals surface area (Å²) < 4.78 is 17.1. The van der Waals surface area contributed by atoms with Crippen LogP contribution in [0.15, 0.2) is 30.4 Å². The lowest BCUT2D eigenvalue weighted by Crippen LogP contribution is -2.81. The van der Waals surface area contributed by atoms with Crippen molar-refractivity contribution in [1.82, 2.24) is 10.2 Å². The summed E-state index contributed by atoms with van der Waals surface area (Å²) in [6, 6.07) is 5.69. The van der Waals surface area contributed by atoms with Gasteiger partial charge in [-0.25, -0.2) is 4.79 Å². The minimum Gasteiger partial charge on any atom is -0.497 e. The Hall–Kier alpha value is -2.78. The number of nitrogens with one attached hydrogen (secondary N) is 1. The van der Waals surface area contributed by atoms with E-state index in [0.717, 1.165) is 50.2 Å². The van der Waals surface area contributed by atoms with Gasteiger partial charge in [-0.05, 0) is 37.4 Å². The summed E-state index contributed by atoms with van der Waals surface area (Å²) >= 11 is 0. The maximum Gasteiger partial charge on any atom is 0.407 e. The standard InChI is InChI=1S/C30H43N3O6/c1-6-8-9-17-38-27(35)31-19-30(36)25-29(22-12-11-21(37-5)18-23(22)32(25)4)14-16-33-15-10-13-28(7-2,24(29)33)26(30)39-20(3)34/h10-13,18,24-26,36H,6-9,14-17,19H2,1-5H3,(H,31,35)/t24-,25+,26+,28+,29+,30?/m0/s1. The summed E-state index contributed by atoms with van der Waals surface area (Å²) in [5.74, 6) is 0.286. The van der Waals surface area contributed by atoms with Gasteiger partial charge in [0.1, 0.15) is 17.5 Å². The molecule has 214 valence electrons. The zero-order valence-electron chi connectivity index (χ0n) is 23.9. The number of aliphatic hydroxyl groups is 1. The van der Waals surface area contributed by atoms with Gasteiger partial charge < -0.3 is 29.5 Å². The molecule has 39 heavy (non-hydrogen) atoms. The fourth-order valence-electron chi connectivity index (χ4n) is 8.43. The number of alkyl carbamates (subject to hydrolysis) is 1. The first-order chi connectivity index (χ1) is 18.7. The van der Waals surface area contributed by atoms with Crippen LogP contribution < -0.4 is 15.0 Å². The highest BCUT2D eigenvalue weighted by atomic mass is 16.6. The smallest absolute Gasteiger partial charge is 0.407 e. The first-order valence-electron chi connectivity index (χ1n) is 14.3. The lowest BCUT2D eigenvalue weighted by Gasteiger charge is -2.64. The van der Waals surface area contributed by atoms with Crippen molar-refractivity contribution in [3.8, 4) is 5.75 Å². The number of rotatable bonds is 9. The summed E-state index contributed by atoms with van der Waals surface area (Å²) in [6.45, 7) is 7.46. The summed E-state index contributed by atoms with van der Waals surface area (Å²) in [7, 11) is 3.63. The molecule has 3 aliphatic heterocycles. The third-order valence-electron chi connectivity index (χ3n) is 9.71. The predicted octanol–water partition coefficient (Wildman–Crippen LogP) is 3.38. The lowest BCUT2D eigenvalue weighted by atomic mass is 9.47. The number of methoxy groups -OCH3 is 1. The van der Waals surface area contributed by atoms with Crippen molar-refractivity contribution in [1.29, 1.82) is 0 Å². The summed E-state index contributed by atoms with van der Waals surface area (Å²) in [6.07, 6.45) is 7.15. The highest BCUT2D eigenvalue weighted by Gasteiger charge is 2.77. The number of likely N-dealkylation sites (N-methyl/N-ethyl adjacent to an activating group) is 1. The van der Waals surface area contributed by atoms with E-state index in [2.05, 4.69) is 47.2 Å². The molecule has 1 spiro atoms. The van der Waals surface area contributed by atoms with E-state index in [4.69, 9.17) is 14.2 Å². The Morgan fingerprint density at radius 3 is 2.69 bits per heavy atom. The number of ether oxygens (including phenoxy) is 3. The fourth-order valence-corrected chi connectivity index (χ4v) is 8.43. The third-order valence-corrected chi connectivity index (χ3v) is 9.71. The summed E-state index contributed by atoms with van der Waals surface area (Å²) in [4.78, 5) is 30.0. The van der Waals surface area contributed by atoms with Crippen LogP contribution in [0.3, 0.4) is 0 Å². The van der Waals surface area contributed by atoms with Crippen molar-refractivity contribution in [2.24, 2.45) is 5.41 Å². The number of anilines is 1. The van der Waals surface area contributed by atoms with E-state index in [1.54, 1.807) is 7.11 Å². The van der Waals surface area contributed by atoms with Gasteiger partial charge in [-0.3, -0.25) is 9.69 Å². The average Bonchev–Trinajstić information content (AvgIpc) is 3.44. The molecule has 1 aliphatic carbocycles. The second kappa shape index (κ2) is 10.3. The minimum absolute atomic E-state index is 0.00714. The van der Waals surface area contributed by atoms with Gasteiger partial charge in [-0.15, -0.1) is 0 Å². The van der Waals surface area contributed by atoms with Crippen molar-refractivity contribution in [3.63, 3.8) is 0 Å². The highest BCUT2D eigenvalue weighted by Crippen LogP contribution is 2.67. The van der Waals surface area contributed by atoms with Gasteiger partial charge in [0, 0.05) is 49.1 Å². The number of hydrogen-bond donors (Lipinski definition) is 2. The van der Waals surface area contributed by atoms with E-state index in [1.807, 2.05) is 19.2 Å². The largest absolute Gasteiger partial charge is 0.497 e. The second-order valence-electron chi connectivity index (χ2n) is 11.6. The Labute approximate surface area is 231 Å². The molecule has 1 saturated heterocycles. The third kappa shape index (κ3) is 4.03. The first kappa shape index (κ1) is 27.8. The predicted molar refractivity (Wildman–Crippen MR) is 148 cm³/mol. The van der Waals surface area contributed by atoms with E-state index in [9.17, 15) is 14.7 Å². The molecule has 1 amide bonds. The number of nitrogens with zero attached hydrogens (tertiary/aromatic N) is 2. The average molecular weight is 542 g/mol. The molecule has 2 fully saturated rings. The molecule has 4 aliphatic rings. The zero-order chi connectivity index (χ0) is 28.0. The van der Waals surface area contributed by atoms with Gasteiger partial charge in [-0.1, -0.05) is 44.9 Å². The van der Waals surface area contributed by atoms with E-state index in [-0.39, 0.29) is 12.6 Å². The molecule has 1 unspecified atom stereocenters. The van der Waals surface area contributed by atoms with Gasteiger partial charge in [0.15, 0.2) is 0 Å². The molecular formula is C30H43N3O6. The minimum atomic E-state index is -1.61. The van der Waals surface area contributed by atoms with Gasteiger partial charge in [-0.2, -0.15) is 0 Å². The van der Waals surface area contributed by atoms with E-state index < -0.39 is 40.6 Å². The zero-order valence-corrected chi connectivity index (χ0v) is 23.9. The Bertz CT molecular complexity index is 1140. The van der Waals surface area contributed by atoms with Gasteiger partial charge in [0.25, 0.3) is 0 Å². The van der Waals surface area contributed by atoms with Crippen LogP contribution in [0.1, 0.15) is 58.4 Å². The molecule has 5 rings (SSSR count). The quantitative estimate of drug-likeness (QED) is 0.279. The van der Waals surface area contributed by atoms with E-state index >= 15 is 0 Å². The number of benzene rings is 1. The summed E-state index contributed by atoms with van der Waals surface area (Å²) in [5, 5.41) is 15.8. The van der Waals surface area contributed by atoms with Gasteiger partial charge in [0.2, 0.25) is 0 Å². The molecular weight excluding hydrogens is 498 g/mol. The van der Waals surface area contributed by atoms with Crippen LogP contribution in [0.2, 0.25) is 0 Å². The summed E-state index contributed by atoms with van der Waals surface area (Å²) in [5.41, 5.74) is -0.557. The molecule has 0 bridgehead atoms. The molecule has 9 nitrogen and oxygen atoms in total. The number of carbonyl (C=O) groups is 2. The van der Waals surface area contributed by atoms with Crippen LogP contribution in [-0.2, 0) is 19.7 Å². The first-order valence-corrected chi connectivity index (χ1v) is 14.3. The maximum absolute atomic E-state index is 13.0. The number of fused-ring (bicyclic) bond motifs is 1. The van der Waals surface area contributed by atoms with Crippen molar-refractivity contribution in [2.75, 3.05) is 45.3 Å². The molecule has 1 saturated carbocycles. The number of carbonyl (C=O) groups excluding carboxylic acids is 2. The molecule has 9 heteroatoms. The Kier molecular flexibility index (Phi) is 7.35. The lowest BCUT2D eigenvalue weighted by molar-refractivity contribution is -0.217. The normalized spacial score (nSPS) is 34.2. The van der Waals surface area contributed by atoms with Crippen molar-refractivity contribution < 1.29 is 28.9 Å². The molecule has 2 N–H and O–H groups in total. The van der Waals surface area contributed by atoms with Crippen LogP contribution in [0.5, 0.6) is 5.75 Å². The fraction of sp³-hybridized carbons (Fsp3) is 0.667. The molecule has 0 aromatic heterocycles. The number of amides is 1. The number of hydrogen-bond acceptors (Lipinski definition) is 8. The van der Waals surface area contributed by atoms with Crippen LogP contribution in [0.4, 0.5) is 10.5 Å². The highest BCUT2D eigenvalue weighted by molar-refractivity contribution is 5.72. The molecule has 1 aromatic rings. The van der Waals surface area contributed by atoms with Gasteiger partial charge >= 0.3 is 12.1 Å². The molecule has 6 atom stereocenters. The van der Waals surface area contributed by atoms with Crippen molar-refractivity contribution >= 4 is 17.7 Å². The van der Waals surface area contributed by atoms with E-state index in [0.29, 0.717) is 13.0 Å². The topological polar surface area (TPSA) is 101 Å². The van der Waals surface area contributed by atoms with Crippen molar-refractivity contribution in [3.05, 3.63) is 35.9 Å².